The Kier molecular flexibility index (Phi) is 4.57. The zero-order chi connectivity index (χ0) is 12.3. The standard InChI is InChI=1S/C14H25NO/c1-10(2)14(11(3)4)8-13-6-7-15(9-13)12(5)16/h8,10-11,13H,6-7,9H2,1-5H3. The van der Waals surface area contributed by atoms with Crippen LogP contribution in [-0.4, -0.2) is 23.9 Å². The summed E-state index contributed by atoms with van der Waals surface area (Å²) in [6.45, 7) is 12.5. The van der Waals surface area contributed by atoms with Gasteiger partial charge in [0.25, 0.3) is 0 Å². The van der Waals surface area contributed by atoms with Crippen molar-refractivity contribution in [3.8, 4) is 0 Å². The van der Waals surface area contributed by atoms with Crippen molar-refractivity contribution in [2.24, 2.45) is 17.8 Å². The third-order valence-electron chi connectivity index (χ3n) is 3.43. The Morgan fingerprint density at radius 2 is 1.81 bits per heavy atom. The quantitative estimate of drug-likeness (QED) is 0.673. The first-order chi connectivity index (χ1) is 7.41. The molecule has 2 heteroatoms. The highest BCUT2D eigenvalue weighted by Crippen LogP contribution is 2.25. The van der Waals surface area contributed by atoms with E-state index in [2.05, 4.69) is 33.8 Å². The van der Waals surface area contributed by atoms with Gasteiger partial charge in [-0.3, -0.25) is 4.79 Å². The summed E-state index contributed by atoms with van der Waals surface area (Å²) in [5, 5.41) is 0. The van der Waals surface area contributed by atoms with Crippen molar-refractivity contribution in [2.45, 2.75) is 41.0 Å². The molecule has 1 amide bonds. The van der Waals surface area contributed by atoms with Gasteiger partial charge < -0.3 is 4.90 Å². The molecule has 0 bridgehead atoms. The number of nitrogens with zero attached hydrogens (tertiary/aromatic N) is 1. The fraction of sp³-hybridized carbons (Fsp3) is 0.786. The number of amides is 1. The predicted molar refractivity (Wildman–Crippen MR) is 68.1 cm³/mol. The molecule has 0 aromatic carbocycles. The number of hydrogen-bond acceptors (Lipinski definition) is 1. The van der Waals surface area contributed by atoms with Crippen LogP contribution in [0.2, 0.25) is 0 Å². The zero-order valence-corrected chi connectivity index (χ0v) is 11.3. The van der Waals surface area contributed by atoms with E-state index in [1.165, 1.54) is 5.57 Å². The molecule has 2 nitrogen and oxygen atoms in total. The Morgan fingerprint density at radius 1 is 1.25 bits per heavy atom. The highest BCUT2D eigenvalue weighted by atomic mass is 16.2. The molecule has 1 fully saturated rings. The molecule has 92 valence electrons. The van der Waals surface area contributed by atoms with Crippen LogP contribution in [0, 0.1) is 17.8 Å². The lowest BCUT2D eigenvalue weighted by Crippen LogP contribution is -2.25. The lowest BCUT2D eigenvalue weighted by atomic mass is 9.89. The van der Waals surface area contributed by atoms with E-state index in [9.17, 15) is 4.79 Å². The Labute approximate surface area is 99.7 Å². The summed E-state index contributed by atoms with van der Waals surface area (Å²) in [6.07, 6.45) is 3.54. The third-order valence-corrected chi connectivity index (χ3v) is 3.43. The van der Waals surface area contributed by atoms with Gasteiger partial charge in [0.05, 0.1) is 0 Å². The lowest BCUT2D eigenvalue weighted by Gasteiger charge is -2.18. The molecule has 1 aliphatic rings. The highest BCUT2D eigenvalue weighted by molar-refractivity contribution is 5.73. The van der Waals surface area contributed by atoms with Crippen LogP contribution in [0.15, 0.2) is 11.6 Å². The van der Waals surface area contributed by atoms with Gasteiger partial charge in [-0.15, -0.1) is 0 Å². The predicted octanol–water partition coefficient (Wildman–Crippen LogP) is 3.09. The summed E-state index contributed by atoms with van der Waals surface area (Å²) in [5.74, 6) is 2.02. The average Bonchev–Trinajstić information content (AvgIpc) is 2.61. The number of carbonyl (C=O) groups is 1. The van der Waals surface area contributed by atoms with Gasteiger partial charge in [-0.25, -0.2) is 0 Å². The maximum absolute atomic E-state index is 11.3. The summed E-state index contributed by atoms with van der Waals surface area (Å²) in [5.41, 5.74) is 1.54. The monoisotopic (exact) mass is 223 g/mol. The van der Waals surface area contributed by atoms with Gasteiger partial charge in [0.1, 0.15) is 0 Å². The average molecular weight is 223 g/mol. The molecule has 0 radical (unpaired) electrons. The number of carbonyl (C=O) groups excluding carboxylic acids is 1. The van der Waals surface area contributed by atoms with Crippen molar-refractivity contribution >= 4 is 5.91 Å². The first-order valence-corrected chi connectivity index (χ1v) is 6.39. The summed E-state index contributed by atoms with van der Waals surface area (Å²) in [6, 6.07) is 0. The normalized spacial score (nSPS) is 20.7. The summed E-state index contributed by atoms with van der Waals surface area (Å²) in [7, 11) is 0. The maximum atomic E-state index is 11.3. The topological polar surface area (TPSA) is 20.3 Å². The number of allylic oxidation sites excluding steroid dienone is 1. The fourth-order valence-corrected chi connectivity index (χ4v) is 2.53. The maximum Gasteiger partial charge on any atom is 0.219 e. The van der Waals surface area contributed by atoms with Crippen LogP contribution in [0.3, 0.4) is 0 Å². The van der Waals surface area contributed by atoms with Gasteiger partial charge in [-0.1, -0.05) is 39.3 Å². The molecule has 0 saturated carbocycles. The second-order valence-electron chi connectivity index (χ2n) is 5.49. The Morgan fingerprint density at radius 3 is 2.19 bits per heavy atom. The van der Waals surface area contributed by atoms with Crippen molar-refractivity contribution in [1.82, 2.24) is 4.90 Å². The molecule has 0 spiro atoms. The molecular formula is C14H25NO. The number of likely N-dealkylation sites (tertiary alicyclic amines) is 1. The Bertz CT molecular complexity index is 268. The van der Waals surface area contributed by atoms with Gasteiger partial charge >= 0.3 is 0 Å². The first-order valence-electron chi connectivity index (χ1n) is 6.39. The molecule has 1 atom stereocenters. The van der Waals surface area contributed by atoms with E-state index >= 15 is 0 Å². The third kappa shape index (κ3) is 3.36. The van der Waals surface area contributed by atoms with Crippen molar-refractivity contribution in [2.75, 3.05) is 13.1 Å². The minimum Gasteiger partial charge on any atom is -0.342 e. The van der Waals surface area contributed by atoms with Crippen molar-refractivity contribution in [1.29, 1.82) is 0 Å². The minimum atomic E-state index is 0.214. The molecular weight excluding hydrogens is 198 g/mol. The smallest absolute Gasteiger partial charge is 0.219 e. The van der Waals surface area contributed by atoms with E-state index in [1.807, 2.05) is 4.90 Å². The second kappa shape index (κ2) is 5.51. The SMILES string of the molecule is CC(=O)N1CCC(C=C(C(C)C)C(C)C)C1. The summed E-state index contributed by atoms with van der Waals surface area (Å²) >= 11 is 0. The summed E-state index contributed by atoms with van der Waals surface area (Å²) in [4.78, 5) is 13.2. The molecule has 1 rings (SSSR count). The molecule has 1 saturated heterocycles. The van der Waals surface area contributed by atoms with E-state index in [4.69, 9.17) is 0 Å². The van der Waals surface area contributed by atoms with Crippen LogP contribution in [0.1, 0.15) is 41.0 Å². The number of hydrogen-bond donors (Lipinski definition) is 0. The largest absolute Gasteiger partial charge is 0.342 e. The van der Waals surface area contributed by atoms with E-state index in [0.717, 1.165) is 19.5 Å². The zero-order valence-electron chi connectivity index (χ0n) is 11.3. The van der Waals surface area contributed by atoms with Crippen LogP contribution < -0.4 is 0 Å². The molecule has 0 aliphatic carbocycles. The molecule has 1 heterocycles. The minimum absolute atomic E-state index is 0.214. The molecule has 16 heavy (non-hydrogen) atoms. The van der Waals surface area contributed by atoms with Crippen LogP contribution in [0.4, 0.5) is 0 Å². The van der Waals surface area contributed by atoms with Gasteiger partial charge in [0, 0.05) is 20.0 Å². The Balaban J connectivity index is 2.66. The fourth-order valence-electron chi connectivity index (χ4n) is 2.53. The van der Waals surface area contributed by atoms with Crippen molar-refractivity contribution in [3.05, 3.63) is 11.6 Å². The second-order valence-corrected chi connectivity index (χ2v) is 5.49. The van der Waals surface area contributed by atoms with Gasteiger partial charge in [0.15, 0.2) is 0 Å². The van der Waals surface area contributed by atoms with Crippen LogP contribution >= 0.6 is 0 Å². The Hall–Kier alpha value is -0.790. The summed E-state index contributed by atoms with van der Waals surface area (Å²) < 4.78 is 0. The van der Waals surface area contributed by atoms with Crippen LogP contribution in [0.5, 0.6) is 0 Å². The van der Waals surface area contributed by atoms with Crippen molar-refractivity contribution in [3.63, 3.8) is 0 Å². The van der Waals surface area contributed by atoms with Gasteiger partial charge in [-0.05, 0) is 24.2 Å². The molecule has 0 aromatic heterocycles. The molecule has 1 aliphatic heterocycles. The number of rotatable bonds is 3. The van der Waals surface area contributed by atoms with E-state index in [-0.39, 0.29) is 5.91 Å². The highest BCUT2D eigenvalue weighted by Gasteiger charge is 2.23. The lowest BCUT2D eigenvalue weighted by molar-refractivity contribution is -0.127. The molecule has 1 unspecified atom stereocenters. The van der Waals surface area contributed by atoms with E-state index in [0.29, 0.717) is 17.8 Å². The van der Waals surface area contributed by atoms with Crippen molar-refractivity contribution < 1.29 is 4.79 Å². The first kappa shape index (κ1) is 13.3. The van der Waals surface area contributed by atoms with Gasteiger partial charge in [-0.2, -0.15) is 0 Å². The van der Waals surface area contributed by atoms with E-state index < -0.39 is 0 Å². The van der Waals surface area contributed by atoms with Gasteiger partial charge in [0.2, 0.25) is 5.91 Å². The van der Waals surface area contributed by atoms with Crippen LogP contribution in [0.25, 0.3) is 0 Å². The van der Waals surface area contributed by atoms with E-state index in [1.54, 1.807) is 6.92 Å². The molecule has 0 aromatic rings. The molecule has 0 N–H and O–H groups in total. The van der Waals surface area contributed by atoms with Crippen LogP contribution in [-0.2, 0) is 4.79 Å².